The SMILES string of the molecule is Nc1cccc(SCC(=O)N2CCN(C(c3ccccc3)c3ccccc3)CC2)c1. The highest BCUT2D eigenvalue weighted by Gasteiger charge is 2.28. The van der Waals surface area contributed by atoms with Gasteiger partial charge in [0, 0.05) is 36.8 Å². The third kappa shape index (κ3) is 5.04. The second-order valence-electron chi connectivity index (χ2n) is 7.50. The first-order chi connectivity index (χ1) is 14.7. The number of carbonyl (C=O) groups is 1. The van der Waals surface area contributed by atoms with E-state index in [-0.39, 0.29) is 11.9 Å². The lowest BCUT2D eigenvalue weighted by atomic mass is 9.96. The van der Waals surface area contributed by atoms with Gasteiger partial charge in [0.2, 0.25) is 5.91 Å². The van der Waals surface area contributed by atoms with E-state index in [1.165, 1.54) is 11.1 Å². The Morgan fingerprint density at radius 3 is 2.00 bits per heavy atom. The Kier molecular flexibility index (Phi) is 6.72. The molecule has 0 aromatic heterocycles. The van der Waals surface area contributed by atoms with Crippen LogP contribution in [0.15, 0.2) is 89.8 Å². The zero-order valence-corrected chi connectivity index (χ0v) is 17.8. The van der Waals surface area contributed by atoms with Crippen molar-refractivity contribution < 1.29 is 4.79 Å². The van der Waals surface area contributed by atoms with Gasteiger partial charge in [-0.3, -0.25) is 9.69 Å². The maximum Gasteiger partial charge on any atom is 0.233 e. The number of rotatable bonds is 6. The van der Waals surface area contributed by atoms with Crippen LogP contribution in [0, 0.1) is 0 Å². The number of amides is 1. The van der Waals surface area contributed by atoms with E-state index in [9.17, 15) is 4.79 Å². The predicted molar refractivity (Wildman–Crippen MR) is 124 cm³/mol. The van der Waals surface area contributed by atoms with Crippen LogP contribution in [0.3, 0.4) is 0 Å². The van der Waals surface area contributed by atoms with Crippen molar-refractivity contribution in [2.45, 2.75) is 10.9 Å². The van der Waals surface area contributed by atoms with Crippen molar-refractivity contribution >= 4 is 23.4 Å². The van der Waals surface area contributed by atoms with Gasteiger partial charge in [-0.25, -0.2) is 0 Å². The molecular weight excluding hydrogens is 390 g/mol. The van der Waals surface area contributed by atoms with Gasteiger partial charge in [-0.2, -0.15) is 0 Å². The smallest absolute Gasteiger partial charge is 0.233 e. The van der Waals surface area contributed by atoms with Gasteiger partial charge < -0.3 is 10.6 Å². The van der Waals surface area contributed by atoms with E-state index in [0.29, 0.717) is 5.75 Å². The number of piperazine rings is 1. The average Bonchev–Trinajstić information content (AvgIpc) is 2.80. The normalized spacial score (nSPS) is 14.8. The molecule has 1 heterocycles. The molecule has 3 aromatic carbocycles. The van der Waals surface area contributed by atoms with E-state index in [1.807, 2.05) is 29.2 Å². The Labute approximate surface area is 182 Å². The van der Waals surface area contributed by atoms with E-state index >= 15 is 0 Å². The fraction of sp³-hybridized carbons (Fsp3) is 0.240. The molecule has 0 saturated carbocycles. The quantitative estimate of drug-likeness (QED) is 0.480. The molecule has 0 spiro atoms. The lowest BCUT2D eigenvalue weighted by molar-refractivity contribution is -0.130. The number of nitrogen functional groups attached to an aromatic ring is 1. The third-order valence-corrected chi connectivity index (χ3v) is 6.46. The number of thioether (sulfide) groups is 1. The largest absolute Gasteiger partial charge is 0.399 e. The predicted octanol–water partition coefficient (Wildman–Crippen LogP) is 4.29. The number of nitrogens with zero attached hydrogens (tertiary/aromatic N) is 2. The van der Waals surface area contributed by atoms with Crippen molar-refractivity contribution in [3.8, 4) is 0 Å². The molecule has 0 radical (unpaired) electrons. The molecule has 1 amide bonds. The Bertz CT molecular complexity index is 917. The average molecular weight is 418 g/mol. The van der Waals surface area contributed by atoms with Crippen LogP contribution < -0.4 is 5.73 Å². The Morgan fingerprint density at radius 2 is 1.43 bits per heavy atom. The molecule has 2 N–H and O–H groups in total. The van der Waals surface area contributed by atoms with Crippen molar-refractivity contribution in [1.82, 2.24) is 9.80 Å². The molecule has 154 valence electrons. The molecule has 1 aliphatic rings. The van der Waals surface area contributed by atoms with Crippen LogP contribution in [0.25, 0.3) is 0 Å². The molecule has 5 heteroatoms. The van der Waals surface area contributed by atoms with E-state index in [4.69, 9.17) is 5.73 Å². The summed E-state index contributed by atoms with van der Waals surface area (Å²) in [5.41, 5.74) is 9.15. The van der Waals surface area contributed by atoms with Gasteiger partial charge in [0.05, 0.1) is 11.8 Å². The van der Waals surface area contributed by atoms with Crippen LogP contribution in [0.1, 0.15) is 17.2 Å². The summed E-state index contributed by atoms with van der Waals surface area (Å²) < 4.78 is 0. The first-order valence-electron chi connectivity index (χ1n) is 10.3. The molecular formula is C25H27N3OS. The highest BCUT2D eigenvalue weighted by atomic mass is 32.2. The third-order valence-electron chi connectivity index (χ3n) is 5.48. The van der Waals surface area contributed by atoms with Gasteiger partial charge in [-0.05, 0) is 29.3 Å². The maximum absolute atomic E-state index is 12.7. The molecule has 3 aromatic rings. The number of carbonyl (C=O) groups excluding carboxylic acids is 1. The fourth-order valence-corrected chi connectivity index (χ4v) is 4.82. The van der Waals surface area contributed by atoms with Gasteiger partial charge in [0.25, 0.3) is 0 Å². The zero-order chi connectivity index (χ0) is 20.8. The molecule has 0 unspecified atom stereocenters. The lowest BCUT2D eigenvalue weighted by Crippen LogP contribution is -2.50. The molecule has 4 rings (SSSR count). The lowest BCUT2D eigenvalue weighted by Gasteiger charge is -2.39. The Balaban J connectivity index is 1.39. The molecule has 4 nitrogen and oxygen atoms in total. The number of anilines is 1. The van der Waals surface area contributed by atoms with Crippen molar-refractivity contribution in [2.24, 2.45) is 0 Å². The second kappa shape index (κ2) is 9.83. The summed E-state index contributed by atoms with van der Waals surface area (Å²) in [6.45, 7) is 3.24. The molecule has 1 fully saturated rings. The van der Waals surface area contributed by atoms with Gasteiger partial charge in [0.15, 0.2) is 0 Å². The van der Waals surface area contributed by atoms with Crippen LogP contribution in [0.5, 0.6) is 0 Å². The molecule has 1 aliphatic heterocycles. The van der Waals surface area contributed by atoms with Gasteiger partial charge in [-0.1, -0.05) is 66.7 Å². The summed E-state index contributed by atoms with van der Waals surface area (Å²) in [6.07, 6.45) is 0. The topological polar surface area (TPSA) is 49.6 Å². The van der Waals surface area contributed by atoms with Crippen LogP contribution in [-0.4, -0.2) is 47.6 Å². The van der Waals surface area contributed by atoms with Crippen LogP contribution in [0.2, 0.25) is 0 Å². The van der Waals surface area contributed by atoms with E-state index in [1.54, 1.807) is 11.8 Å². The summed E-state index contributed by atoms with van der Waals surface area (Å²) in [4.78, 5) is 18.2. The number of hydrogen-bond acceptors (Lipinski definition) is 4. The molecule has 0 atom stereocenters. The fourth-order valence-electron chi connectivity index (χ4n) is 3.95. The molecule has 30 heavy (non-hydrogen) atoms. The summed E-state index contributed by atoms with van der Waals surface area (Å²) >= 11 is 1.55. The van der Waals surface area contributed by atoms with Gasteiger partial charge in [0.1, 0.15) is 0 Å². The number of hydrogen-bond donors (Lipinski definition) is 1. The summed E-state index contributed by atoms with van der Waals surface area (Å²) in [7, 11) is 0. The van der Waals surface area contributed by atoms with Crippen molar-refractivity contribution in [2.75, 3.05) is 37.7 Å². The Hall–Kier alpha value is -2.76. The van der Waals surface area contributed by atoms with E-state index in [0.717, 1.165) is 36.8 Å². The second-order valence-corrected chi connectivity index (χ2v) is 8.55. The van der Waals surface area contributed by atoms with Crippen molar-refractivity contribution in [1.29, 1.82) is 0 Å². The monoisotopic (exact) mass is 417 g/mol. The van der Waals surface area contributed by atoms with Crippen LogP contribution >= 0.6 is 11.8 Å². The first-order valence-corrected chi connectivity index (χ1v) is 11.3. The summed E-state index contributed by atoms with van der Waals surface area (Å²) in [5.74, 6) is 0.641. The highest BCUT2D eigenvalue weighted by Crippen LogP contribution is 2.29. The zero-order valence-electron chi connectivity index (χ0n) is 17.0. The minimum atomic E-state index is 0.193. The summed E-state index contributed by atoms with van der Waals surface area (Å²) in [6, 6.07) is 29.2. The number of benzene rings is 3. The molecule has 1 saturated heterocycles. The maximum atomic E-state index is 12.7. The first kappa shape index (κ1) is 20.5. The standard InChI is InChI=1S/C25H27N3OS/c26-22-12-7-13-23(18-22)30-19-24(29)27-14-16-28(17-15-27)25(20-8-3-1-4-9-20)21-10-5-2-6-11-21/h1-13,18,25H,14-17,19,26H2. The molecule has 0 bridgehead atoms. The van der Waals surface area contributed by atoms with E-state index in [2.05, 4.69) is 65.6 Å². The van der Waals surface area contributed by atoms with Crippen molar-refractivity contribution in [3.63, 3.8) is 0 Å². The Morgan fingerprint density at radius 1 is 0.833 bits per heavy atom. The van der Waals surface area contributed by atoms with Crippen LogP contribution in [0.4, 0.5) is 5.69 Å². The number of nitrogens with two attached hydrogens (primary N) is 1. The summed E-state index contributed by atoms with van der Waals surface area (Å²) in [5, 5.41) is 0. The van der Waals surface area contributed by atoms with E-state index < -0.39 is 0 Å². The highest BCUT2D eigenvalue weighted by molar-refractivity contribution is 8.00. The minimum absolute atomic E-state index is 0.193. The minimum Gasteiger partial charge on any atom is -0.399 e. The van der Waals surface area contributed by atoms with Gasteiger partial charge in [-0.15, -0.1) is 11.8 Å². The van der Waals surface area contributed by atoms with Crippen LogP contribution in [-0.2, 0) is 4.79 Å². The molecule has 0 aliphatic carbocycles. The van der Waals surface area contributed by atoms with Gasteiger partial charge >= 0.3 is 0 Å². The van der Waals surface area contributed by atoms with Crippen molar-refractivity contribution in [3.05, 3.63) is 96.1 Å².